The lowest BCUT2D eigenvalue weighted by atomic mass is 9.86. The molecule has 0 unspecified atom stereocenters. The first kappa shape index (κ1) is 19.3. The highest BCUT2D eigenvalue weighted by molar-refractivity contribution is 5.86. The molecule has 1 saturated heterocycles. The molecule has 1 aromatic carbocycles. The monoisotopic (exact) mass is 362 g/mol. The van der Waals surface area contributed by atoms with Crippen LogP contribution >= 0.6 is 0 Å². The number of carbonyl (C=O) groups is 1. The number of likely N-dealkylation sites (tertiary alicyclic amines) is 1. The summed E-state index contributed by atoms with van der Waals surface area (Å²) >= 11 is 0. The number of nitrogens with one attached hydrogen (secondary N) is 1. The van der Waals surface area contributed by atoms with Crippen LogP contribution in [0.15, 0.2) is 24.3 Å². The fraction of sp³-hybridized carbons (Fsp3) is 0.667. The molecule has 0 spiro atoms. The average Bonchev–Trinajstić information content (AvgIpc) is 2.66. The Bertz CT molecular complexity index is 586. The van der Waals surface area contributed by atoms with E-state index in [-0.39, 0.29) is 18.3 Å². The van der Waals surface area contributed by atoms with Crippen molar-refractivity contribution in [2.75, 3.05) is 19.6 Å². The van der Waals surface area contributed by atoms with Crippen LogP contribution in [0.2, 0.25) is 0 Å². The zero-order valence-corrected chi connectivity index (χ0v) is 15.6. The van der Waals surface area contributed by atoms with Gasteiger partial charge in [0.15, 0.2) is 5.60 Å². The summed E-state index contributed by atoms with van der Waals surface area (Å²) in [5.41, 5.74) is -0.377. The Morgan fingerprint density at radius 1 is 1.15 bits per heavy atom. The molecule has 1 aromatic rings. The van der Waals surface area contributed by atoms with Crippen molar-refractivity contribution in [2.24, 2.45) is 5.92 Å². The van der Waals surface area contributed by atoms with Gasteiger partial charge in [-0.1, -0.05) is 44.2 Å². The molecular formula is C21H31FN2O2. The Hall–Kier alpha value is -1.46. The number of amides is 1. The second kappa shape index (κ2) is 8.96. The van der Waals surface area contributed by atoms with E-state index in [0.717, 1.165) is 37.4 Å². The second-order valence-corrected chi connectivity index (χ2v) is 7.95. The summed E-state index contributed by atoms with van der Waals surface area (Å²) in [4.78, 5) is 14.7. The molecule has 1 aliphatic heterocycles. The van der Waals surface area contributed by atoms with Crippen molar-refractivity contribution in [1.82, 2.24) is 10.2 Å². The van der Waals surface area contributed by atoms with Crippen LogP contribution in [0.5, 0.6) is 0 Å². The number of aliphatic hydroxyl groups is 1. The molecule has 1 atom stereocenters. The molecule has 1 amide bonds. The van der Waals surface area contributed by atoms with Crippen molar-refractivity contribution in [2.45, 2.75) is 63.5 Å². The summed E-state index contributed by atoms with van der Waals surface area (Å²) in [7, 11) is 0. The highest BCUT2D eigenvalue weighted by Gasteiger charge is 2.41. The Morgan fingerprint density at radius 3 is 2.62 bits per heavy atom. The summed E-state index contributed by atoms with van der Waals surface area (Å²) in [5.74, 6) is 0.345. The maximum Gasteiger partial charge on any atom is 0.255 e. The lowest BCUT2D eigenvalue weighted by Gasteiger charge is -2.39. The smallest absolute Gasteiger partial charge is 0.255 e. The fourth-order valence-electron chi connectivity index (χ4n) is 4.27. The van der Waals surface area contributed by atoms with Gasteiger partial charge in [0.05, 0.1) is 0 Å². The molecular weight excluding hydrogens is 331 g/mol. The molecule has 1 aliphatic carbocycles. The Balaban J connectivity index is 1.47. The summed E-state index contributed by atoms with van der Waals surface area (Å²) in [6.45, 7) is 2.27. The number of piperidine rings is 1. The van der Waals surface area contributed by atoms with E-state index in [9.17, 15) is 14.3 Å². The maximum absolute atomic E-state index is 13.0. The van der Waals surface area contributed by atoms with Gasteiger partial charge in [-0.3, -0.25) is 4.79 Å². The number of halogens is 1. The van der Waals surface area contributed by atoms with Crippen LogP contribution in [0.25, 0.3) is 0 Å². The van der Waals surface area contributed by atoms with Gasteiger partial charge in [0.25, 0.3) is 5.91 Å². The minimum atomic E-state index is -1.31. The second-order valence-electron chi connectivity index (χ2n) is 7.95. The first-order valence-electron chi connectivity index (χ1n) is 10.0. The molecule has 4 nitrogen and oxygen atoms in total. The molecule has 2 N–H and O–H groups in total. The number of benzene rings is 1. The first-order valence-corrected chi connectivity index (χ1v) is 10.0. The van der Waals surface area contributed by atoms with E-state index < -0.39 is 5.60 Å². The Kier molecular flexibility index (Phi) is 6.65. The van der Waals surface area contributed by atoms with E-state index in [1.54, 1.807) is 12.1 Å². The van der Waals surface area contributed by atoms with E-state index in [0.29, 0.717) is 13.0 Å². The normalized spacial score (nSPS) is 24.8. The molecule has 2 aliphatic rings. The predicted molar refractivity (Wildman–Crippen MR) is 100 cm³/mol. The van der Waals surface area contributed by atoms with Crippen molar-refractivity contribution in [1.29, 1.82) is 0 Å². The van der Waals surface area contributed by atoms with Gasteiger partial charge in [0.1, 0.15) is 5.82 Å². The highest BCUT2D eigenvalue weighted by atomic mass is 19.1. The lowest BCUT2D eigenvalue weighted by molar-refractivity contribution is -0.156. The van der Waals surface area contributed by atoms with E-state index in [1.165, 1.54) is 44.2 Å². The lowest BCUT2D eigenvalue weighted by Crippen LogP contribution is -2.58. The summed E-state index contributed by atoms with van der Waals surface area (Å²) in [6.07, 6.45) is 8.94. The zero-order valence-electron chi connectivity index (χ0n) is 15.6. The van der Waals surface area contributed by atoms with Crippen LogP contribution in [0.3, 0.4) is 0 Å². The summed E-state index contributed by atoms with van der Waals surface area (Å²) < 4.78 is 13.0. The van der Waals surface area contributed by atoms with Gasteiger partial charge in [0, 0.05) is 26.2 Å². The minimum Gasteiger partial charge on any atom is -0.379 e. The van der Waals surface area contributed by atoms with Crippen molar-refractivity contribution in [3.63, 3.8) is 0 Å². The third-order valence-electron chi connectivity index (χ3n) is 5.90. The molecule has 2 fully saturated rings. The summed E-state index contributed by atoms with van der Waals surface area (Å²) in [6, 6.07) is 6.27. The predicted octanol–water partition coefficient (Wildman–Crippen LogP) is 3.24. The average molecular weight is 362 g/mol. The van der Waals surface area contributed by atoms with Crippen molar-refractivity contribution in [3.8, 4) is 0 Å². The topological polar surface area (TPSA) is 52.6 Å². The molecule has 1 saturated carbocycles. The van der Waals surface area contributed by atoms with E-state index in [4.69, 9.17) is 0 Å². The molecule has 5 heteroatoms. The molecule has 144 valence electrons. The zero-order chi connectivity index (χ0) is 18.4. The van der Waals surface area contributed by atoms with Crippen LogP contribution in [0.1, 0.15) is 56.9 Å². The van der Waals surface area contributed by atoms with Gasteiger partial charge < -0.3 is 15.3 Å². The molecule has 0 radical (unpaired) electrons. The van der Waals surface area contributed by atoms with E-state index in [2.05, 4.69) is 5.32 Å². The van der Waals surface area contributed by atoms with Gasteiger partial charge in [0.2, 0.25) is 0 Å². The molecule has 0 aromatic heterocycles. The SMILES string of the molecule is O=C1N(CCC2CCCCC2)CCC[C@@]1(O)CNCc1ccc(F)cc1. The van der Waals surface area contributed by atoms with Gasteiger partial charge in [-0.15, -0.1) is 0 Å². The van der Waals surface area contributed by atoms with Crippen LogP contribution in [-0.2, 0) is 11.3 Å². The van der Waals surface area contributed by atoms with Gasteiger partial charge in [-0.25, -0.2) is 4.39 Å². The van der Waals surface area contributed by atoms with Gasteiger partial charge in [-0.2, -0.15) is 0 Å². The van der Waals surface area contributed by atoms with Crippen molar-refractivity contribution < 1.29 is 14.3 Å². The number of hydrogen-bond donors (Lipinski definition) is 2. The Morgan fingerprint density at radius 2 is 1.88 bits per heavy atom. The number of nitrogens with zero attached hydrogens (tertiary/aromatic N) is 1. The fourth-order valence-corrected chi connectivity index (χ4v) is 4.27. The van der Waals surface area contributed by atoms with E-state index >= 15 is 0 Å². The van der Waals surface area contributed by atoms with Crippen LogP contribution in [0, 0.1) is 11.7 Å². The molecule has 26 heavy (non-hydrogen) atoms. The largest absolute Gasteiger partial charge is 0.379 e. The van der Waals surface area contributed by atoms with Gasteiger partial charge >= 0.3 is 0 Å². The summed E-state index contributed by atoms with van der Waals surface area (Å²) in [5, 5.41) is 14.0. The molecule has 1 heterocycles. The van der Waals surface area contributed by atoms with E-state index in [1.807, 2.05) is 4.90 Å². The first-order chi connectivity index (χ1) is 12.6. The number of carbonyl (C=O) groups excluding carboxylic acids is 1. The highest BCUT2D eigenvalue weighted by Crippen LogP contribution is 2.28. The number of hydrogen-bond acceptors (Lipinski definition) is 3. The van der Waals surface area contributed by atoms with Crippen LogP contribution in [0.4, 0.5) is 4.39 Å². The van der Waals surface area contributed by atoms with Crippen molar-refractivity contribution in [3.05, 3.63) is 35.6 Å². The standard InChI is InChI=1S/C21H31FN2O2/c22-19-9-7-18(8-10-19)15-23-16-21(26)12-4-13-24(20(21)25)14-11-17-5-2-1-3-6-17/h7-10,17,23,26H,1-6,11-16H2/t21-/m1/s1. The minimum absolute atomic E-state index is 0.133. The van der Waals surface area contributed by atoms with Crippen molar-refractivity contribution >= 4 is 5.91 Å². The van der Waals surface area contributed by atoms with Gasteiger partial charge in [-0.05, 0) is 42.9 Å². The van der Waals surface area contributed by atoms with Crippen LogP contribution < -0.4 is 5.32 Å². The third kappa shape index (κ3) is 5.04. The molecule has 3 rings (SSSR count). The quantitative estimate of drug-likeness (QED) is 0.783. The maximum atomic E-state index is 13.0. The third-order valence-corrected chi connectivity index (χ3v) is 5.90. The van der Waals surface area contributed by atoms with Crippen LogP contribution in [-0.4, -0.2) is 41.1 Å². The molecule has 0 bridgehead atoms. The Labute approximate surface area is 155 Å². The number of rotatable bonds is 7.